The first-order valence-corrected chi connectivity index (χ1v) is 6.62. The number of amides is 1. The highest BCUT2D eigenvalue weighted by atomic mass is 35.5. The first-order valence-electron chi connectivity index (χ1n) is 6.24. The minimum atomic E-state index is -0.585. The summed E-state index contributed by atoms with van der Waals surface area (Å²) >= 11 is 6.05. The van der Waals surface area contributed by atoms with E-state index in [-0.39, 0.29) is 11.3 Å². The molecule has 106 valence electrons. The Morgan fingerprint density at radius 1 is 1.47 bits per heavy atom. The Morgan fingerprint density at radius 3 is 2.58 bits per heavy atom. The molecule has 4 nitrogen and oxygen atoms in total. The molecular weight excluding hydrogens is 264 g/mol. The second kappa shape index (κ2) is 6.26. The largest absolute Gasteiger partial charge is 0.492 e. The normalized spacial score (nSPS) is 12.9. The van der Waals surface area contributed by atoms with E-state index in [9.17, 15) is 4.79 Å². The van der Waals surface area contributed by atoms with Crippen LogP contribution in [0.4, 0.5) is 5.69 Å². The second-order valence-corrected chi connectivity index (χ2v) is 5.82. The number of hydrogen-bond acceptors (Lipinski definition) is 3. The highest BCUT2D eigenvalue weighted by Gasteiger charge is 2.27. The number of halogens is 1. The number of carbonyl (C=O) groups excluding carboxylic acids is 1. The molecule has 0 bridgehead atoms. The third-order valence-electron chi connectivity index (χ3n) is 2.71. The predicted octanol–water partition coefficient (Wildman–Crippen LogP) is 3.05. The Bertz CT molecular complexity index is 455. The molecule has 1 aromatic carbocycles. The average Bonchev–Trinajstić information content (AvgIpc) is 2.30. The van der Waals surface area contributed by atoms with E-state index in [1.165, 1.54) is 0 Å². The zero-order valence-electron chi connectivity index (χ0n) is 11.8. The molecule has 3 N–H and O–H groups in total. The number of ether oxygens (including phenoxy) is 1. The van der Waals surface area contributed by atoms with Crippen LogP contribution in [0, 0.1) is 5.41 Å². The van der Waals surface area contributed by atoms with Crippen molar-refractivity contribution in [2.24, 2.45) is 11.1 Å². The van der Waals surface area contributed by atoms with Gasteiger partial charge in [-0.25, -0.2) is 0 Å². The predicted molar refractivity (Wildman–Crippen MR) is 78.7 cm³/mol. The van der Waals surface area contributed by atoms with Gasteiger partial charge in [-0.15, -0.1) is 0 Å². The zero-order chi connectivity index (χ0) is 14.6. The van der Waals surface area contributed by atoms with Crippen LogP contribution in [0.1, 0.15) is 27.7 Å². The van der Waals surface area contributed by atoms with Gasteiger partial charge in [0.15, 0.2) is 0 Å². The number of anilines is 1. The Kier molecular flexibility index (Phi) is 5.20. The standard InChI is InChI=1S/C14H21ClN2O2/c1-5-19-11-7-6-9(8-10(11)15)17-13(18)12(16)14(2,3)4/h6-8,12H,5,16H2,1-4H3,(H,17,18)/t12-/m0/s1. The SMILES string of the molecule is CCOc1ccc(NC(=O)[C@H](N)C(C)(C)C)cc1Cl. The molecule has 0 aliphatic carbocycles. The van der Waals surface area contributed by atoms with Gasteiger partial charge in [-0.1, -0.05) is 32.4 Å². The van der Waals surface area contributed by atoms with Crippen molar-refractivity contribution in [3.63, 3.8) is 0 Å². The third-order valence-corrected chi connectivity index (χ3v) is 3.01. The van der Waals surface area contributed by atoms with E-state index >= 15 is 0 Å². The molecule has 0 unspecified atom stereocenters. The van der Waals surface area contributed by atoms with Crippen LogP contribution in [-0.2, 0) is 4.79 Å². The van der Waals surface area contributed by atoms with Crippen LogP contribution in [0.5, 0.6) is 5.75 Å². The maximum absolute atomic E-state index is 12.0. The Hall–Kier alpha value is -1.26. The van der Waals surface area contributed by atoms with E-state index in [0.717, 1.165) is 0 Å². The summed E-state index contributed by atoms with van der Waals surface area (Å²) in [6, 6.07) is 4.53. The molecule has 1 aromatic rings. The summed E-state index contributed by atoms with van der Waals surface area (Å²) in [5, 5.41) is 3.22. The summed E-state index contributed by atoms with van der Waals surface area (Å²) in [4.78, 5) is 12.0. The Balaban J connectivity index is 2.78. The zero-order valence-corrected chi connectivity index (χ0v) is 12.5. The molecule has 0 fully saturated rings. The van der Waals surface area contributed by atoms with E-state index in [0.29, 0.717) is 23.1 Å². The van der Waals surface area contributed by atoms with Gasteiger partial charge >= 0.3 is 0 Å². The molecule has 0 saturated carbocycles. The molecule has 0 heterocycles. The molecule has 0 aliphatic heterocycles. The van der Waals surface area contributed by atoms with Crippen molar-refractivity contribution in [3.05, 3.63) is 23.2 Å². The lowest BCUT2D eigenvalue weighted by atomic mass is 9.87. The minimum absolute atomic E-state index is 0.229. The number of carbonyl (C=O) groups is 1. The van der Waals surface area contributed by atoms with Gasteiger partial charge in [0.05, 0.1) is 17.7 Å². The summed E-state index contributed by atoms with van der Waals surface area (Å²) in [7, 11) is 0. The fraction of sp³-hybridized carbons (Fsp3) is 0.500. The van der Waals surface area contributed by atoms with Gasteiger partial charge in [-0.05, 0) is 30.5 Å². The lowest BCUT2D eigenvalue weighted by Gasteiger charge is -2.25. The summed E-state index contributed by atoms with van der Waals surface area (Å²) in [6.45, 7) is 8.18. The number of hydrogen-bond donors (Lipinski definition) is 2. The van der Waals surface area contributed by atoms with Crippen LogP contribution < -0.4 is 15.8 Å². The minimum Gasteiger partial charge on any atom is -0.492 e. The molecule has 0 saturated heterocycles. The van der Waals surface area contributed by atoms with E-state index in [4.69, 9.17) is 22.1 Å². The molecule has 1 rings (SSSR count). The van der Waals surface area contributed by atoms with Crippen molar-refractivity contribution >= 4 is 23.2 Å². The van der Waals surface area contributed by atoms with Crippen LogP contribution in [0.25, 0.3) is 0 Å². The van der Waals surface area contributed by atoms with Gasteiger partial charge in [0.1, 0.15) is 5.75 Å². The first kappa shape index (κ1) is 15.8. The maximum atomic E-state index is 12.0. The monoisotopic (exact) mass is 284 g/mol. The van der Waals surface area contributed by atoms with Crippen molar-refractivity contribution in [3.8, 4) is 5.75 Å². The number of rotatable bonds is 4. The van der Waals surface area contributed by atoms with Crippen LogP contribution in [0.3, 0.4) is 0 Å². The van der Waals surface area contributed by atoms with Gasteiger partial charge in [0, 0.05) is 5.69 Å². The quantitative estimate of drug-likeness (QED) is 0.893. The maximum Gasteiger partial charge on any atom is 0.241 e. The highest BCUT2D eigenvalue weighted by molar-refractivity contribution is 6.32. The molecule has 0 aromatic heterocycles. The lowest BCUT2D eigenvalue weighted by Crippen LogP contribution is -2.45. The second-order valence-electron chi connectivity index (χ2n) is 5.41. The van der Waals surface area contributed by atoms with Gasteiger partial charge < -0.3 is 15.8 Å². The summed E-state index contributed by atoms with van der Waals surface area (Å²) < 4.78 is 5.33. The molecule has 19 heavy (non-hydrogen) atoms. The van der Waals surface area contributed by atoms with Crippen molar-refractivity contribution in [2.75, 3.05) is 11.9 Å². The van der Waals surface area contributed by atoms with Crippen molar-refractivity contribution in [1.29, 1.82) is 0 Å². The molecule has 1 atom stereocenters. The van der Waals surface area contributed by atoms with E-state index in [1.54, 1.807) is 18.2 Å². The third kappa shape index (κ3) is 4.40. The Morgan fingerprint density at radius 2 is 2.11 bits per heavy atom. The molecule has 0 radical (unpaired) electrons. The smallest absolute Gasteiger partial charge is 0.241 e. The lowest BCUT2D eigenvalue weighted by molar-refractivity contribution is -0.119. The number of benzene rings is 1. The molecule has 0 aliphatic rings. The van der Waals surface area contributed by atoms with Crippen LogP contribution in [0.15, 0.2) is 18.2 Å². The highest BCUT2D eigenvalue weighted by Crippen LogP contribution is 2.28. The van der Waals surface area contributed by atoms with Crippen molar-refractivity contribution < 1.29 is 9.53 Å². The number of nitrogens with two attached hydrogens (primary N) is 1. The van der Waals surface area contributed by atoms with Gasteiger partial charge in [-0.2, -0.15) is 0 Å². The van der Waals surface area contributed by atoms with E-state index in [1.807, 2.05) is 27.7 Å². The molecule has 5 heteroatoms. The molecule has 0 spiro atoms. The van der Waals surface area contributed by atoms with Crippen molar-refractivity contribution in [2.45, 2.75) is 33.7 Å². The summed E-state index contributed by atoms with van der Waals surface area (Å²) in [5.41, 5.74) is 6.20. The topological polar surface area (TPSA) is 64.3 Å². The summed E-state index contributed by atoms with van der Waals surface area (Å²) in [5.74, 6) is 0.370. The molecule has 1 amide bonds. The van der Waals surface area contributed by atoms with Gasteiger partial charge in [-0.3, -0.25) is 4.79 Å². The van der Waals surface area contributed by atoms with E-state index in [2.05, 4.69) is 5.32 Å². The van der Waals surface area contributed by atoms with Gasteiger partial charge in [0.2, 0.25) is 5.91 Å². The van der Waals surface area contributed by atoms with Crippen molar-refractivity contribution in [1.82, 2.24) is 0 Å². The van der Waals surface area contributed by atoms with E-state index < -0.39 is 6.04 Å². The van der Waals surface area contributed by atoms with Crippen LogP contribution in [0.2, 0.25) is 5.02 Å². The van der Waals surface area contributed by atoms with Crippen LogP contribution >= 0.6 is 11.6 Å². The van der Waals surface area contributed by atoms with Gasteiger partial charge in [0.25, 0.3) is 0 Å². The van der Waals surface area contributed by atoms with Crippen LogP contribution in [-0.4, -0.2) is 18.6 Å². The average molecular weight is 285 g/mol. The fourth-order valence-electron chi connectivity index (χ4n) is 1.46. The summed E-state index contributed by atoms with van der Waals surface area (Å²) in [6.07, 6.45) is 0. The fourth-order valence-corrected chi connectivity index (χ4v) is 1.70. The first-order chi connectivity index (χ1) is 8.75. The molecular formula is C14H21ClN2O2. The Labute approximate surface area is 119 Å². The number of nitrogens with one attached hydrogen (secondary N) is 1.